The van der Waals surface area contributed by atoms with Crippen LogP contribution in [-0.2, 0) is 4.79 Å². The molecule has 2 aromatic rings. The van der Waals surface area contributed by atoms with Gasteiger partial charge in [-0.25, -0.2) is 4.39 Å². The third kappa shape index (κ3) is 3.83. The van der Waals surface area contributed by atoms with Gasteiger partial charge in [0.2, 0.25) is 0 Å². The summed E-state index contributed by atoms with van der Waals surface area (Å²) in [6.07, 6.45) is 0. The Hall–Kier alpha value is -1.83. The largest absolute Gasteiger partial charge is 0.482 e. The van der Waals surface area contributed by atoms with E-state index in [2.05, 4.69) is 5.32 Å². The molecule has 0 bridgehead atoms. The molecule has 0 spiro atoms. The van der Waals surface area contributed by atoms with E-state index in [4.69, 9.17) is 10.5 Å². The van der Waals surface area contributed by atoms with Crippen LogP contribution in [0.3, 0.4) is 0 Å². The Kier molecular flexibility index (Phi) is 4.78. The highest BCUT2D eigenvalue weighted by atomic mass is 127. The maximum atomic E-state index is 12.9. The molecule has 0 aromatic heterocycles. The minimum absolute atomic E-state index is 0.165. The molecule has 0 heterocycles. The van der Waals surface area contributed by atoms with Crippen molar-refractivity contribution in [3.63, 3.8) is 0 Å². The number of amides is 1. The first-order chi connectivity index (χ1) is 9.56. The van der Waals surface area contributed by atoms with Gasteiger partial charge in [0, 0.05) is 3.57 Å². The average molecular weight is 386 g/mol. The third-order valence-corrected chi connectivity index (χ3v) is 3.38. The van der Waals surface area contributed by atoms with E-state index in [1.54, 1.807) is 24.3 Å². The first-order valence-corrected chi connectivity index (χ1v) is 6.86. The number of rotatable bonds is 4. The number of benzene rings is 2. The van der Waals surface area contributed by atoms with Gasteiger partial charge in [-0.05, 0) is 52.9 Å². The van der Waals surface area contributed by atoms with Crippen LogP contribution in [0.1, 0.15) is 0 Å². The monoisotopic (exact) mass is 386 g/mol. The zero-order valence-electron chi connectivity index (χ0n) is 10.4. The quantitative estimate of drug-likeness (QED) is 0.627. The van der Waals surface area contributed by atoms with Crippen molar-refractivity contribution in [2.75, 3.05) is 17.7 Å². The van der Waals surface area contributed by atoms with Crippen LogP contribution in [0.15, 0.2) is 42.5 Å². The zero-order chi connectivity index (χ0) is 14.5. The van der Waals surface area contributed by atoms with E-state index in [9.17, 15) is 9.18 Å². The number of carbonyl (C=O) groups is 1. The molecular formula is C14H12FIN2O2. The summed E-state index contributed by atoms with van der Waals surface area (Å²) in [5.74, 6) is -0.227. The standard InChI is InChI=1S/C14H12FIN2O2/c15-9-5-6-12(10(16)7-9)18-14(19)8-20-13-4-2-1-3-11(13)17/h1-7H,8,17H2,(H,18,19). The summed E-state index contributed by atoms with van der Waals surface area (Å²) >= 11 is 1.95. The summed E-state index contributed by atoms with van der Waals surface area (Å²) < 4.78 is 18.9. The van der Waals surface area contributed by atoms with E-state index in [1.165, 1.54) is 18.2 Å². The topological polar surface area (TPSA) is 64.3 Å². The van der Waals surface area contributed by atoms with Crippen molar-refractivity contribution < 1.29 is 13.9 Å². The fourth-order valence-electron chi connectivity index (χ4n) is 1.53. The van der Waals surface area contributed by atoms with Gasteiger partial charge in [0.15, 0.2) is 6.61 Å². The number of anilines is 2. The lowest BCUT2D eigenvalue weighted by atomic mass is 10.3. The van der Waals surface area contributed by atoms with Crippen molar-refractivity contribution in [2.45, 2.75) is 0 Å². The first kappa shape index (κ1) is 14.6. The van der Waals surface area contributed by atoms with Crippen LogP contribution in [0.2, 0.25) is 0 Å². The number of carbonyl (C=O) groups excluding carboxylic acids is 1. The third-order valence-electron chi connectivity index (χ3n) is 2.48. The lowest BCUT2D eigenvalue weighted by Gasteiger charge is -2.10. The minimum Gasteiger partial charge on any atom is -0.482 e. The number of nitrogens with two attached hydrogens (primary N) is 1. The Labute approximate surface area is 129 Å². The number of nitrogens with one attached hydrogen (secondary N) is 1. The summed E-state index contributed by atoms with van der Waals surface area (Å²) in [6.45, 7) is -0.165. The number of ether oxygens (including phenoxy) is 1. The van der Waals surface area contributed by atoms with Crippen LogP contribution in [0.25, 0.3) is 0 Å². The van der Waals surface area contributed by atoms with Crippen LogP contribution >= 0.6 is 22.6 Å². The lowest BCUT2D eigenvalue weighted by molar-refractivity contribution is -0.118. The van der Waals surface area contributed by atoms with Gasteiger partial charge in [-0.2, -0.15) is 0 Å². The summed E-state index contributed by atoms with van der Waals surface area (Å²) in [4.78, 5) is 11.8. The molecule has 3 N–H and O–H groups in total. The molecular weight excluding hydrogens is 374 g/mol. The van der Waals surface area contributed by atoms with Gasteiger partial charge in [0.25, 0.3) is 5.91 Å². The van der Waals surface area contributed by atoms with E-state index in [0.29, 0.717) is 20.7 Å². The molecule has 0 atom stereocenters. The molecule has 0 saturated carbocycles. The van der Waals surface area contributed by atoms with E-state index < -0.39 is 0 Å². The second kappa shape index (κ2) is 6.56. The Morgan fingerprint density at radius 2 is 2.05 bits per heavy atom. The minimum atomic E-state index is -0.347. The fourth-order valence-corrected chi connectivity index (χ4v) is 2.14. The van der Waals surface area contributed by atoms with Gasteiger partial charge in [0.05, 0.1) is 11.4 Å². The van der Waals surface area contributed by atoms with Crippen molar-refractivity contribution in [1.29, 1.82) is 0 Å². The Bertz CT molecular complexity index is 634. The van der Waals surface area contributed by atoms with E-state index in [1.807, 2.05) is 22.6 Å². The molecule has 0 fully saturated rings. The van der Waals surface area contributed by atoms with Crippen LogP contribution in [-0.4, -0.2) is 12.5 Å². The SMILES string of the molecule is Nc1ccccc1OCC(=O)Nc1ccc(F)cc1I. The predicted molar refractivity (Wildman–Crippen MR) is 84.1 cm³/mol. The smallest absolute Gasteiger partial charge is 0.262 e. The van der Waals surface area contributed by atoms with Crippen molar-refractivity contribution in [2.24, 2.45) is 0 Å². The van der Waals surface area contributed by atoms with Gasteiger partial charge >= 0.3 is 0 Å². The maximum Gasteiger partial charge on any atom is 0.262 e. The highest BCUT2D eigenvalue weighted by Gasteiger charge is 2.08. The van der Waals surface area contributed by atoms with E-state index in [-0.39, 0.29) is 18.3 Å². The average Bonchev–Trinajstić information content (AvgIpc) is 2.41. The second-order valence-corrected chi connectivity index (χ2v) is 5.16. The molecule has 104 valence electrons. The summed E-state index contributed by atoms with van der Waals surface area (Å²) in [5.41, 5.74) is 6.71. The second-order valence-electron chi connectivity index (χ2n) is 4.00. The van der Waals surface area contributed by atoms with Crippen molar-refractivity contribution >= 4 is 39.9 Å². The molecule has 0 aliphatic rings. The molecule has 20 heavy (non-hydrogen) atoms. The molecule has 4 nitrogen and oxygen atoms in total. The highest BCUT2D eigenvalue weighted by molar-refractivity contribution is 14.1. The molecule has 2 aromatic carbocycles. The molecule has 0 aliphatic carbocycles. The molecule has 0 unspecified atom stereocenters. The van der Waals surface area contributed by atoms with Crippen LogP contribution < -0.4 is 15.8 Å². The molecule has 6 heteroatoms. The van der Waals surface area contributed by atoms with Gasteiger partial charge in [-0.1, -0.05) is 12.1 Å². The Morgan fingerprint density at radius 1 is 1.30 bits per heavy atom. The maximum absolute atomic E-state index is 12.9. The lowest BCUT2D eigenvalue weighted by Crippen LogP contribution is -2.21. The number of halogens is 2. The molecule has 1 amide bonds. The number of nitrogen functional groups attached to an aromatic ring is 1. The van der Waals surface area contributed by atoms with Crippen LogP contribution in [0.4, 0.5) is 15.8 Å². The van der Waals surface area contributed by atoms with E-state index >= 15 is 0 Å². The van der Waals surface area contributed by atoms with Gasteiger partial charge in [-0.15, -0.1) is 0 Å². The van der Waals surface area contributed by atoms with Crippen LogP contribution in [0.5, 0.6) is 5.75 Å². The van der Waals surface area contributed by atoms with Gasteiger partial charge < -0.3 is 15.8 Å². The van der Waals surface area contributed by atoms with Crippen molar-refractivity contribution in [3.8, 4) is 5.75 Å². The van der Waals surface area contributed by atoms with E-state index in [0.717, 1.165) is 0 Å². The number of para-hydroxylation sites is 2. The summed E-state index contributed by atoms with van der Waals surface area (Å²) in [5, 5.41) is 2.65. The Balaban J connectivity index is 1.94. The molecule has 2 rings (SSSR count). The molecule has 0 saturated heterocycles. The van der Waals surface area contributed by atoms with Crippen LogP contribution in [0, 0.1) is 9.39 Å². The van der Waals surface area contributed by atoms with Crippen molar-refractivity contribution in [1.82, 2.24) is 0 Å². The zero-order valence-corrected chi connectivity index (χ0v) is 12.6. The van der Waals surface area contributed by atoms with Crippen molar-refractivity contribution in [3.05, 3.63) is 51.9 Å². The molecule has 0 radical (unpaired) electrons. The number of hydrogen-bond acceptors (Lipinski definition) is 3. The normalized spacial score (nSPS) is 10.1. The fraction of sp³-hybridized carbons (Fsp3) is 0.0714. The predicted octanol–water partition coefficient (Wildman–Crippen LogP) is 3.03. The summed E-state index contributed by atoms with van der Waals surface area (Å²) in [6, 6.07) is 11.1. The molecule has 0 aliphatic heterocycles. The first-order valence-electron chi connectivity index (χ1n) is 5.78. The van der Waals surface area contributed by atoms with Gasteiger partial charge in [0.1, 0.15) is 11.6 Å². The summed E-state index contributed by atoms with van der Waals surface area (Å²) in [7, 11) is 0. The van der Waals surface area contributed by atoms with Gasteiger partial charge in [-0.3, -0.25) is 4.79 Å². The Morgan fingerprint density at radius 3 is 2.75 bits per heavy atom. The number of hydrogen-bond donors (Lipinski definition) is 2. The highest BCUT2D eigenvalue weighted by Crippen LogP contribution is 2.21.